The van der Waals surface area contributed by atoms with E-state index in [2.05, 4.69) is 33.2 Å². The van der Waals surface area contributed by atoms with Crippen molar-refractivity contribution in [1.82, 2.24) is 0 Å². The number of aliphatic hydroxyl groups is 4. The number of aliphatic hydroxyl groups excluding tert-OH is 4. The van der Waals surface area contributed by atoms with Crippen LogP contribution in [0.3, 0.4) is 0 Å². The zero-order valence-corrected chi connectivity index (χ0v) is 42.9. The Morgan fingerprint density at radius 2 is 0.718 bits per heavy atom. The van der Waals surface area contributed by atoms with Crippen LogP contribution in [0.4, 0.5) is 43.9 Å². The lowest BCUT2D eigenvalue weighted by molar-refractivity contribution is -0.190. The predicted molar refractivity (Wildman–Crippen MR) is 280 cm³/mol. The Kier molecular flexibility index (Phi) is 25.1. The highest BCUT2D eigenvalue weighted by Gasteiger charge is 2.42. The first-order valence-corrected chi connectivity index (χ1v) is 25.8. The first kappa shape index (κ1) is 62.0. The summed E-state index contributed by atoms with van der Waals surface area (Å²) in [5.41, 5.74) is -1.36. The number of unbranched alkanes of at least 4 members (excludes halogenated alkanes) is 10. The van der Waals surface area contributed by atoms with Gasteiger partial charge >= 0.3 is 12.2 Å². The fourth-order valence-electron chi connectivity index (χ4n) is 8.09. The Bertz CT molecular complexity index is 2910. The van der Waals surface area contributed by atoms with Gasteiger partial charge in [-0.2, -0.15) is 17.6 Å². The van der Waals surface area contributed by atoms with Crippen LogP contribution in [0.5, 0.6) is 11.5 Å². The van der Waals surface area contributed by atoms with Crippen LogP contribution in [0.25, 0.3) is 22.3 Å². The van der Waals surface area contributed by atoms with Gasteiger partial charge in [0.2, 0.25) is 0 Å². The highest BCUT2D eigenvalue weighted by atomic mass is 19.3. The fraction of sp³-hybridized carbons (Fsp3) is 0.355. The number of alkyl halides is 4. The lowest BCUT2D eigenvalue weighted by Gasteiger charge is -2.20. The number of ether oxygens (including phenoxy) is 2. The van der Waals surface area contributed by atoms with Crippen molar-refractivity contribution in [2.45, 2.75) is 115 Å². The van der Waals surface area contributed by atoms with E-state index in [1.54, 1.807) is 18.2 Å². The van der Waals surface area contributed by atoms with Gasteiger partial charge in [-0.3, -0.25) is 0 Å². The second-order valence-corrected chi connectivity index (χ2v) is 18.3. The maximum absolute atomic E-state index is 14.8. The molecule has 0 radical (unpaired) electrons. The molecule has 0 fully saturated rings. The molecule has 0 heterocycles. The maximum atomic E-state index is 14.8. The minimum atomic E-state index is -4.35. The van der Waals surface area contributed by atoms with Crippen LogP contribution >= 0.6 is 0 Å². The lowest BCUT2D eigenvalue weighted by Crippen LogP contribution is -2.25. The van der Waals surface area contributed by atoms with Gasteiger partial charge in [0.15, 0.2) is 0 Å². The third kappa shape index (κ3) is 19.3. The summed E-state index contributed by atoms with van der Waals surface area (Å²) in [4.78, 5) is 0. The molecule has 0 aliphatic carbocycles. The van der Waals surface area contributed by atoms with Crippen LogP contribution in [0.1, 0.15) is 123 Å². The molecule has 0 aliphatic heterocycles. The summed E-state index contributed by atoms with van der Waals surface area (Å²) in [6.45, 7) is 0.431. The predicted octanol–water partition coefficient (Wildman–Crippen LogP) is 15.0. The summed E-state index contributed by atoms with van der Waals surface area (Å²) >= 11 is 0. The van der Waals surface area contributed by atoms with E-state index in [4.69, 9.17) is 20.4 Å². The van der Waals surface area contributed by atoms with E-state index in [-0.39, 0.29) is 60.2 Å². The summed E-state index contributed by atoms with van der Waals surface area (Å²) in [6.07, 6.45) is 3.18. The molecule has 6 aromatic rings. The molecule has 416 valence electrons. The molecule has 6 aromatic carbocycles. The summed E-state index contributed by atoms with van der Waals surface area (Å²) in [6, 6.07) is 21.9. The third-order valence-corrected chi connectivity index (χ3v) is 12.2. The monoisotopic (exact) mass is 1090 g/mol. The number of rotatable bonds is 26. The summed E-state index contributed by atoms with van der Waals surface area (Å²) in [5, 5.41) is 35.2. The van der Waals surface area contributed by atoms with Crippen molar-refractivity contribution in [3.63, 3.8) is 0 Å². The Hall–Kier alpha value is -6.82. The van der Waals surface area contributed by atoms with Crippen LogP contribution in [-0.2, 0) is 25.1 Å². The molecular formula is C62H62F10O6. The van der Waals surface area contributed by atoms with Crippen molar-refractivity contribution in [1.29, 1.82) is 0 Å². The standard InChI is InChI=1S/C31H35F5O3.C31H27F5O3/c2*32-27-19-23(10-6-2-4-8-18-38)13-16-26(27)24-20-28(33)30(29(34)21-24)31(35,36)39-25-14-11-22(12-15-25)9-5-1-3-7-17-37/h11-16,19-21,37-38H,1-10,17-18H2;11-16,19-21,37-38H,1-4,7-8,17-18H2. The van der Waals surface area contributed by atoms with E-state index in [0.717, 1.165) is 69.4 Å². The van der Waals surface area contributed by atoms with Crippen LogP contribution in [0.15, 0.2) is 109 Å². The number of hydrogen-bond donors (Lipinski definition) is 4. The van der Waals surface area contributed by atoms with Gasteiger partial charge < -0.3 is 29.9 Å². The molecule has 0 bridgehead atoms. The van der Waals surface area contributed by atoms with E-state index in [9.17, 15) is 43.9 Å². The first-order valence-electron chi connectivity index (χ1n) is 25.8. The summed E-state index contributed by atoms with van der Waals surface area (Å²) in [7, 11) is 0. The molecule has 0 spiro atoms. The van der Waals surface area contributed by atoms with Crippen molar-refractivity contribution in [2.75, 3.05) is 26.4 Å². The van der Waals surface area contributed by atoms with Gasteiger partial charge in [-0.05, 0) is 165 Å². The zero-order chi connectivity index (χ0) is 56.5. The molecule has 6 nitrogen and oxygen atoms in total. The second-order valence-electron chi connectivity index (χ2n) is 18.3. The van der Waals surface area contributed by atoms with E-state index in [1.807, 2.05) is 0 Å². The molecule has 0 saturated heterocycles. The van der Waals surface area contributed by atoms with E-state index < -0.39 is 58.2 Å². The highest BCUT2D eigenvalue weighted by Crippen LogP contribution is 2.39. The Morgan fingerprint density at radius 1 is 0.359 bits per heavy atom. The molecular weight excluding hydrogens is 1030 g/mol. The number of halogens is 10. The number of benzene rings is 6. The lowest BCUT2D eigenvalue weighted by atomic mass is 9.98. The average molecular weight is 1090 g/mol. The summed E-state index contributed by atoms with van der Waals surface area (Å²) < 4.78 is 157. The number of hydrogen-bond acceptors (Lipinski definition) is 6. The van der Waals surface area contributed by atoms with E-state index in [0.29, 0.717) is 85.9 Å². The molecule has 0 unspecified atom stereocenters. The van der Waals surface area contributed by atoms with Gasteiger partial charge in [0.25, 0.3) is 0 Å². The Balaban J connectivity index is 0.000000287. The molecule has 0 aliphatic rings. The molecule has 16 heteroatoms. The van der Waals surface area contributed by atoms with E-state index in [1.165, 1.54) is 60.7 Å². The van der Waals surface area contributed by atoms with Gasteiger partial charge in [-0.1, -0.05) is 79.7 Å². The van der Waals surface area contributed by atoms with Gasteiger partial charge in [0.1, 0.15) is 57.5 Å². The van der Waals surface area contributed by atoms with Gasteiger partial charge in [0, 0.05) is 61.5 Å². The molecule has 0 aromatic heterocycles. The average Bonchev–Trinajstić information content (AvgIpc) is 3.53. The van der Waals surface area contributed by atoms with Gasteiger partial charge in [-0.15, -0.1) is 0 Å². The Morgan fingerprint density at radius 3 is 1.15 bits per heavy atom. The first-order chi connectivity index (χ1) is 37.5. The van der Waals surface area contributed by atoms with Crippen molar-refractivity contribution in [3.8, 4) is 57.4 Å². The SMILES string of the molecule is OCCCCC#Cc1ccc(OC(F)(F)c2c(F)cc(-c3ccc(C#CCCCCO)cc3F)cc2F)cc1.OCCCCCCc1ccc(OC(F)(F)c2c(F)cc(-c3ccc(CCCCCCO)cc3F)cc2F)cc1. The molecule has 78 heavy (non-hydrogen) atoms. The quantitative estimate of drug-likeness (QED) is 0.0245. The van der Waals surface area contributed by atoms with Crippen molar-refractivity contribution in [3.05, 3.63) is 177 Å². The molecule has 4 N–H and O–H groups in total. The fourth-order valence-corrected chi connectivity index (χ4v) is 8.09. The molecule has 6 rings (SSSR count). The smallest absolute Gasteiger partial charge is 0.429 e. The maximum Gasteiger partial charge on any atom is 0.432 e. The third-order valence-electron chi connectivity index (χ3n) is 12.2. The van der Waals surface area contributed by atoms with Crippen molar-refractivity contribution >= 4 is 0 Å². The Labute approximate surface area is 448 Å². The van der Waals surface area contributed by atoms with Crippen LogP contribution in [0.2, 0.25) is 0 Å². The van der Waals surface area contributed by atoms with Crippen molar-refractivity contribution in [2.24, 2.45) is 0 Å². The largest absolute Gasteiger partial charge is 0.432 e. The second kappa shape index (κ2) is 31.5. The van der Waals surface area contributed by atoms with Crippen LogP contribution < -0.4 is 9.47 Å². The minimum absolute atomic E-state index is 0.0610. The van der Waals surface area contributed by atoms with Gasteiger partial charge in [0.05, 0.1) is 0 Å². The summed E-state index contributed by atoms with van der Waals surface area (Å²) in [5.74, 6) is 3.01. The topological polar surface area (TPSA) is 99.4 Å². The van der Waals surface area contributed by atoms with E-state index >= 15 is 0 Å². The van der Waals surface area contributed by atoms with Crippen LogP contribution in [0, 0.1) is 58.6 Å². The normalized spacial score (nSPS) is 11.3. The van der Waals surface area contributed by atoms with Crippen LogP contribution in [-0.4, -0.2) is 46.9 Å². The highest BCUT2D eigenvalue weighted by molar-refractivity contribution is 5.67. The minimum Gasteiger partial charge on any atom is -0.429 e. The van der Waals surface area contributed by atoms with Gasteiger partial charge in [-0.25, -0.2) is 26.3 Å². The zero-order valence-electron chi connectivity index (χ0n) is 42.9. The molecule has 0 amide bonds. The molecule has 0 saturated carbocycles. The number of aryl methyl sites for hydroxylation is 2. The van der Waals surface area contributed by atoms with Crippen molar-refractivity contribution < 1.29 is 73.8 Å². The molecule has 0 atom stereocenters.